The van der Waals surface area contributed by atoms with Crippen LogP contribution in [0.15, 0.2) is 53.4 Å². The molecule has 1 aromatic heterocycles. The number of rotatable bonds is 3. The highest BCUT2D eigenvalue weighted by molar-refractivity contribution is 6.26. The Kier molecular flexibility index (Phi) is 3.34. The van der Waals surface area contributed by atoms with E-state index >= 15 is 0 Å². The summed E-state index contributed by atoms with van der Waals surface area (Å²) < 4.78 is 1.90. The van der Waals surface area contributed by atoms with Crippen molar-refractivity contribution in [3.63, 3.8) is 0 Å². The topological polar surface area (TPSA) is 66.6 Å². The number of benzene rings is 1. The molecule has 0 unspecified atom stereocenters. The number of allylic oxidation sites excluding steroid dienone is 2. The molecule has 2 aliphatic rings. The van der Waals surface area contributed by atoms with Gasteiger partial charge < -0.3 is 15.0 Å². The van der Waals surface area contributed by atoms with Gasteiger partial charge in [-0.3, -0.25) is 9.79 Å². The van der Waals surface area contributed by atoms with Crippen LogP contribution < -0.4 is 5.32 Å². The third-order valence-corrected chi connectivity index (χ3v) is 4.33. The first kappa shape index (κ1) is 14.5. The summed E-state index contributed by atoms with van der Waals surface area (Å²) in [5, 5.41) is 12.4. The Morgan fingerprint density at radius 3 is 2.88 bits per heavy atom. The first-order chi connectivity index (χ1) is 11.6. The monoisotopic (exact) mass is 319 g/mol. The van der Waals surface area contributed by atoms with Gasteiger partial charge in [0.2, 0.25) is 5.78 Å². The highest BCUT2D eigenvalue weighted by Crippen LogP contribution is 2.28. The van der Waals surface area contributed by atoms with E-state index in [2.05, 4.69) is 10.3 Å². The number of nitrogens with one attached hydrogen (secondary N) is 1. The molecule has 120 valence electrons. The van der Waals surface area contributed by atoms with Crippen LogP contribution in [0.5, 0.6) is 5.75 Å². The summed E-state index contributed by atoms with van der Waals surface area (Å²) in [5.74, 6) is 0.211. The predicted molar refractivity (Wildman–Crippen MR) is 93.2 cm³/mol. The van der Waals surface area contributed by atoms with E-state index in [1.165, 1.54) is 5.56 Å². The number of hydrogen-bond donors (Lipinski definition) is 2. The number of phenols is 1. The second kappa shape index (κ2) is 5.53. The Bertz CT molecular complexity index is 915. The Labute approximate surface area is 139 Å². The van der Waals surface area contributed by atoms with E-state index in [1.54, 1.807) is 30.5 Å². The van der Waals surface area contributed by atoms with Gasteiger partial charge >= 0.3 is 0 Å². The van der Waals surface area contributed by atoms with Gasteiger partial charge in [0.15, 0.2) is 0 Å². The van der Waals surface area contributed by atoms with Crippen LogP contribution in [0.3, 0.4) is 0 Å². The number of aryl methyl sites for hydroxylation is 1. The number of aromatic nitrogens is 1. The van der Waals surface area contributed by atoms with E-state index in [-0.39, 0.29) is 11.5 Å². The molecule has 2 heterocycles. The van der Waals surface area contributed by atoms with Gasteiger partial charge in [-0.25, -0.2) is 0 Å². The maximum absolute atomic E-state index is 12.7. The number of hydrogen-bond acceptors (Lipinski definition) is 4. The average molecular weight is 319 g/mol. The summed E-state index contributed by atoms with van der Waals surface area (Å²) in [6.07, 6.45) is 8.32. The zero-order valence-electron chi connectivity index (χ0n) is 13.3. The normalized spacial score (nSPS) is 16.0. The van der Waals surface area contributed by atoms with E-state index in [0.29, 0.717) is 11.4 Å². The summed E-state index contributed by atoms with van der Waals surface area (Å²) in [5.41, 5.74) is 5.22. The van der Waals surface area contributed by atoms with Crippen LogP contribution in [0.4, 0.5) is 0 Å². The van der Waals surface area contributed by atoms with Gasteiger partial charge in [-0.05, 0) is 41.8 Å². The Morgan fingerprint density at radius 1 is 1.29 bits per heavy atom. The number of nitrogens with zero attached hydrogens (tertiary/aromatic N) is 2. The molecule has 0 fully saturated rings. The van der Waals surface area contributed by atoms with E-state index in [9.17, 15) is 9.90 Å². The minimum atomic E-state index is -0.0186. The van der Waals surface area contributed by atoms with E-state index < -0.39 is 0 Å². The molecule has 0 atom stereocenters. The zero-order valence-corrected chi connectivity index (χ0v) is 13.3. The van der Waals surface area contributed by atoms with Crippen LogP contribution in [0.25, 0.3) is 6.08 Å². The number of carbonyl (C=O) groups excluding carboxylic acids is 1. The van der Waals surface area contributed by atoms with Crippen LogP contribution in [0.2, 0.25) is 0 Å². The minimum Gasteiger partial charge on any atom is -0.508 e. The van der Waals surface area contributed by atoms with Gasteiger partial charge in [0, 0.05) is 31.6 Å². The molecule has 2 aromatic rings. The number of aliphatic imine (C=N–C) groups is 1. The van der Waals surface area contributed by atoms with Crippen molar-refractivity contribution < 1.29 is 9.90 Å². The molecule has 0 bridgehead atoms. The molecule has 5 nitrogen and oxygen atoms in total. The highest BCUT2D eigenvalue weighted by atomic mass is 16.3. The summed E-state index contributed by atoms with van der Waals surface area (Å²) in [6.45, 7) is 0.757. The fourth-order valence-electron chi connectivity index (χ4n) is 3.18. The van der Waals surface area contributed by atoms with Gasteiger partial charge in [0.05, 0.1) is 11.4 Å². The second-order valence-electron chi connectivity index (χ2n) is 5.96. The first-order valence-corrected chi connectivity index (χ1v) is 7.85. The van der Waals surface area contributed by atoms with Crippen molar-refractivity contribution in [2.24, 2.45) is 12.0 Å². The number of ketones is 1. The van der Waals surface area contributed by atoms with Crippen molar-refractivity contribution in [1.82, 2.24) is 9.88 Å². The van der Waals surface area contributed by atoms with Crippen molar-refractivity contribution in [2.45, 2.75) is 6.42 Å². The summed E-state index contributed by atoms with van der Waals surface area (Å²) in [7, 11) is 1.90. The van der Waals surface area contributed by atoms with Gasteiger partial charge in [0.1, 0.15) is 11.4 Å². The zero-order chi connectivity index (χ0) is 16.7. The Hall–Kier alpha value is -3.08. The van der Waals surface area contributed by atoms with Crippen molar-refractivity contribution in [3.05, 3.63) is 70.8 Å². The maximum atomic E-state index is 12.7. The number of Topliss-reactive ketones (excluding diaryl/α,β-unsaturated/α-hetero) is 1. The fraction of sp³-hybridized carbons (Fsp3) is 0.158. The number of phenolic OH excluding ortho intramolecular Hbond substituents is 1. The van der Waals surface area contributed by atoms with Crippen LogP contribution >= 0.6 is 0 Å². The number of aromatic hydroxyl groups is 1. The summed E-state index contributed by atoms with van der Waals surface area (Å²) >= 11 is 0. The Morgan fingerprint density at radius 2 is 2.08 bits per heavy atom. The average Bonchev–Trinajstić information content (AvgIpc) is 2.91. The molecule has 1 aromatic carbocycles. The summed E-state index contributed by atoms with van der Waals surface area (Å²) in [4.78, 5) is 17.3. The molecule has 0 amide bonds. The van der Waals surface area contributed by atoms with Crippen LogP contribution in [0.1, 0.15) is 27.2 Å². The third-order valence-electron chi connectivity index (χ3n) is 4.33. The first-order valence-electron chi connectivity index (χ1n) is 7.85. The van der Waals surface area contributed by atoms with Gasteiger partial charge in [-0.1, -0.05) is 12.1 Å². The molecule has 0 saturated carbocycles. The van der Waals surface area contributed by atoms with Crippen molar-refractivity contribution in [1.29, 1.82) is 0 Å². The lowest BCUT2D eigenvalue weighted by Crippen LogP contribution is -2.27. The van der Waals surface area contributed by atoms with E-state index in [1.807, 2.05) is 30.0 Å². The van der Waals surface area contributed by atoms with Gasteiger partial charge in [0.25, 0.3) is 0 Å². The molecule has 1 aliphatic heterocycles. The fourth-order valence-corrected chi connectivity index (χ4v) is 3.18. The molecule has 4 rings (SSSR count). The smallest absolute Gasteiger partial charge is 0.226 e. The SMILES string of the molecule is Cn1cc2c3c1C(=O)C(N/C=C/c1ccc(O)cc1)=CC3=NCC2. The molecular formula is C19H17N3O2. The van der Waals surface area contributed by atoms with Crippen LogP contribution in [-0.4, -0.2) is 27.7 Å². The predicted octanol–water partition coefficient (Wildman–Crippen LogP) is 2.42. The quantitative estimate of drug-likeness (QED) is 0.913. The largest absolute Gasteiger partial charge is 0.508 e. The minimum absolute atomic E-state index is 0.0186. The highest BCUT2D eigenvalue weighted by Gasteiger charge is 2.31. The van der Waals surface area contributed by atoms with E-state index in [4.69, 9.17) is 0 Å². The molecule has 0 spiro atoms. The lowest BCUT2D eigenvalue weighted by atomic mass is 9.92. The second-order valence-corrected chi connectivity index (χ2v) is 5.96. The maximum Gasteiger partial charge on any atom is 0.226 e. The van der Waals surface area contributed by atoms with Crippen LogP contribution in [0, 0.1) is 0 Å². The van der Waals surface area contributed by atoms with Crippen LogP contribution in [-0.2, 0) is 13.5 Å². The van der Waals surface area contributed by atoms with E-state index in [0.717, 1.165) is 29.8 Å². The Balaban J connectivity index is 1.61. The number of carbonyl (C=O) groups is 1. The molecule has 1 aliphatic carbocycles. The van der Waals surface area contributed by atoms with Crippen molar-refractivity contribution in [2.75, 3.05) is 6.54 Å². The lowest BCUT2D eigenvalue weighted by Gasteiger charge is -2.19. The summed E-state index contributed by atoms with van der Waals surface area (Å²) in [6, 6.07) is 6.85. The molecular weight excluding hydrogens is 302 g/mol. The molecule has 2 N–H and O–H groups in total. The standard InChI is InChI=1S/C19H17N3O2/c1-22-11-13-7-9-20-15-10-16(19(24)18(22)17(13)15)21-8-6-12-2-4-14(23)5-3-12/h2-6,8,10-11,21,23H,7,9H2,1H3/b8-6+. The van der Waals surface area contributed by atoms with Crippen molar-refractivity contribution in [3.8, 4) is 5.75 Å². The third kappa shape index (κ3) is 2.34. The lowest BCUT2D eigenvalue weighted by molar-refractivity contribution is 0.102. The molecule has 0 radical (unpaired) electrons. The van der Waals surface area contributed by atoms with Crippen molar-refractivity contribution >= 4 is 17.6 Å². The molecule has 0 saturated heterocycles. The molecule has 5 heteroatoms. The van der Waals surface area contributed by atoms with Gasteiger partial charge in [-0.2, -0.15) is 0 Å². The van der Waals surface area contributed by atoms with Gasteiger partial charge in [-0.15, -0.1) is 0 Å². The molecule has 24 heavy (non-hydrogen) atoms.